The molecule has 3 rings (SSSR count). The topological polar surface area (TPSA) is 70.7 Å². The number of urea groups is 1. The van der Waals surface area contributed by atoms with Crippen LogP contribution in [0.15, 0.2) is 24.3 Å². The SMILES string of the molecule is O=C1NC(=O)C(c2ccc(N3CCOCC3)cc2)N1. The van der Waals surface area contributed by atoms with E-state index < -0.39 is 12.1 Å². The second-order valence-corrected chi connectivity index (χ2v) is 4.59. The molecule has 0 aliphatic carbocycles. The van der Waals surface area contributed by atoms with Crippen LogP contribution in [-0.4, -0.2) is 38.2 Å². The van der Waals surface area contributed by atoms with Gasteiger partial charge in [0.2, 0.25) is 0 Å². The molecule has 2 aliphatic heterocycles. The largest absolute Gasteiger partial charge is 0.378 e. The highest BCUT2D eigenvalue weighted by Crippen LogP contribution is 2.21. The van der Waals surface area contributed by atoms with Gasteiger partial charge in [0.1, 0.15) is 6.04 Å². The smallest absolute Gasteiger partial charge is 0.322 e. The summed E-state index contributed by atoms with van der Waals surface area (Å²) in [7, 11) is 0. The van der Waals surface area contributed by atoms with Crippen molar-refractivity contribution in [3.8, 4) is 0 Å². The van der Waals surface area contributed by atoms with Crippen LogP contribution in [0.3, 0.4) is 0 Å². The van der Waals surface area contributed by atoms with E-state index >= 15 is 0 Å². The van der Waals surface area contributed by atoms with Gasteiger partial charge in [-0.25, -0.2) is 4.79 Å². The van der Waals surface area contributed by atoms with Gasteiger partial charge in [0, 0.05) is 18.8 Å². The van der Waals surface area contributed by atoms with Crippen LogP contribution in [0.4, 0.5) is 10.5 Å². The van der Waals surface area contributed by atoms with Gasteiger partial charge in [-0.1, -0.05) is 12.1 Å². The molecule has 1 aromatic carbocycles. The number of ether oxygens (including phenoxy) is 1. The average molecular weight is 261 g/mol. The van der Waals surface area contributed by atoms with E-state index in [2.05, 4.69) is 15.5 Å². The lowest BCUT2D eigenvalue weighted by molar-refractivity contribution is -0.120. The lowest BCUT2D eigenvalue weighted by Gasteiger charge is -2.29. The number of nitrogens with one attached hydrogen (secondary N) is 2. The van der Waals surface area contributed by atoms with Gasteiger partial charge >= 0.3 is 6.03 Å². The van der Waals surface area contributed by atoms with Gasteiger partial charge in [-0.05, 0) is 17.7 Å². The Balaban J connectivity index is 1.75. The Labute approximate surface area is 110 Å². The summed E-state index contributed by atoms with van der Waals surface area (Å²) in [6.45, 7) is 3.23. The Morgan fingerprint density at radius 2 is 1.79 bits per heavy atom. The van der Waals surface area contributed by atoms with Crippen molar-refractivity contribution in [2.24, 2.45) is 0 Å². The van der Waals surface area contributed by atoms with Gasteiger partial charge in [0.05, 0.1) is 13.2 Å². The third kappa shape index (κ3) is 2.39. The Morgan fingerprint density at radius 1 is 1.11 bits per heavy atom. The van der Waals surface area contributed by atoms with Crippen molar-refractivity contribution in [3.63, 3.8) is 0 Å². The van der Waals surface area contributed by atoms with Crippen molar-refractivity contribution in [1.29, 1.82) is 0 Å². The molecular formula is C13H15N3O3. The normalized spacial score (nSPS) is 23.2. The second-order valence-electron chi connectivity index (χ2n) is 4.59. The number of hydrogen-bond donors (Lipinski definition) is 2. The van der Waals surface area contributed by atoms with Gasteiger partial charge in [0.15, 0.2) is 0 Å². The Bertz CT molecular complexity index is 494. The van der Waals surface area contributed by atoms with Crippen LogP contribution in [0, 0.1) is 0 Å². The van der Waals surface area contributed by atoms with E-state index in [9.17, 15) is 9.59 Å². The summed E-state index contributed by atoms with van der Waals surface area (Å²) in [5.74, 6) is -0.302. The highest BCUT2D eigenvalue weighted by atomic mass is 16.5. The molecule has 2 heterocycles. The van der Waals surface area contributed by atoms with Crippen molar-refractivity contribution in [2.45, 2.75) is 6.04 Å². The summed E-state index contributed by atoms with van der Waals surface area (Å²) in [6.07, 6.45) is 0. The summed E-state index contributed by atoms with van der Waals surface area (Å²) in [5, 5.41) is 4.81. The fourth-order valence-corrected chi connectivity index (χ4v) is 2.35. The number of morpholine rings is 1. The molecule has 6 heteroatoms. The van der Waals surface area contributed by atoms with Crippen LogP contribution in [0.2, 0.25) is 0 Å². The van der Waals surface area contributed by atoms with E-state index in [1.807, 2.05) is 24.3 Å². The van der Waals surface area contributed by atoms with Crippen LogP contribution >= 0.6 is 0 Å². The van der Waals surface area contributed by atoms with Crippen LogP contribution in [-0.2, 0) is 9.53 Å². The minimum atomic E-state index is -0.578. The Hall–Kier alpha value is -2.08. The van der Waals surface area contributed by atoms with E-state index in [0.29, 0.717) is 0 Å². The zero-order valence-electron chi connectivity index (χ0n) is 10.4. The molecule has 0 radical (unpaired) electrons. The highest BCUT2D eigenvalue weighted by molar-refractivity contribution is 6.04. The van der Waals surface area contributed by atoms with Gasteiger partial charge in [-0.15, -0.1) is 0 Å². The van der Waals surface area contributed by atoms with Gasteiger partial charge in [-0.3, -0.25) is 10.1 Å². The number of carbonyl (C=O) groups excluding carboxylic acids is 2. The first-order valence-corrected chi connectivity index (χ1v) is 6.28. The Morgan fingerprint density at radius 3 is 2.37 bits per heavy atom. The molecule has 0 spiro atoms. The first-order chi connectivity index (χ1) is 9.24. The predicted octanol–water partition coefficient (Wildman–Crippen LogP) is 0.404. The van der Waals surface area contributed by atoms with Crippen molar-refractivity contribution < 1.29 is 14.3 Å². The summed E-state index contributed by atoms with van der Waals surface area (Å²) in [5.41, 5.74) is 1.90. The number of rotatable bonds is 2. The maximum atomic E-state index is 11.6. The predicted molar refractivity (Wildman–Crippen MR) is 68.9 cm³/mol. The number of imide groups is 1. The molecule has 2 N–H and O–H groups in total. The monoisotopic (exact) mass is 261 g/mol. The molecule has 3 amide bonds. The number of carbonyl (C=O) groups is 2. The van der Waals surface area contributed by atoms with E-state index in [1.54, 1.807) is 0 Å². The molecule has 2 saturated heterocycles. The molecular weight excluding hydrogens is 246 g/mol. The molecule has 6 nitrogen and oxygen atoms in total. The van der Waals surface area contributed by atoms with E-state index in [0.717, 1.165) is 37.6 Å². The lowest BCUT2D eigenvalue weighted by atomic mass is 10.1. The molecule has 0 aromatic heterocycles. The van der Waals surface area contributed by atoms with Crippen molar-refractivity contribution in [2.75, 3.05) is 31.2 Å². The van der Waals surface area contributed by atoms with Crippen LogP contribution in [0.5, 0.6) is 0 Å². The highest BCUT2D eigenvalue weighted by Gasteiger charge is 2.30. The first-order valence-electron chi connectivity index (χ1n) is 6.28. The fourth-order valence-electron chi connectivity index (χ4n) is 2.35. The number of hydrogen-bond acceptors (Lipinski definition) is 4. The van der Waals surface area contributed by atoms with Crippen LogP contribution < -0.4 is 15.5 Å². The lowest BCUT2D eigenvalue weighted by Crippen LogP contribution is -2.36. The number of amides is 3. The third-order valence-corrected chi connectivity index (χ3v) is 3.38. The molecule has 2 fully saturated rings. The van der Waals surface area contributed by atoms with Crippen LogP contribution in [0.1, 0.15) is 11.6 Å². The van der Waals surface area contributed by atoms with Crippen LogP contribution in [0.25, 0.3) is 0 Å². The molecule has 1 unspecified atom stereocenters. The van der Waals surface area contributed by atoms with E-state index in [4.69, 9.17) is 4.74 Å². The first kappa shape index (κ1) is 12.0. The third-order valence-electron chi connectivity index (χ3n) is 3.38. The summed E-state index contributed by atoms with van der Waals surface area (Å²) in [6, 6.07) is 6.68. The molecule has 2 aliphatic rings. The second kappa shape index (κ2) is 4.89. The van der Waals surface area contributed by atoms with Crippen molar-refractivity contribution in [3.05, 3.63) is 29.8 Å². The molecule has 0 saturated carbocycles. The molecule has 1 aromatic rings. The standard InChI is InChI=1S/C13H15N3O3/c17-12-11(14-13(18)15-12)9-1-3-10(4-2-9)16-5-7-19-8-6-16/h1-4,11H,5-8H2,(H2,14,15,17,18). The molecule has 1 atom stereocenters. The molecule has 0 bridgehead atoms. The molecule has 19 heavy (non-hydrogen) atoms. The van der Waals surface area contributed by atoms with Crippen molar-refractivity contribution >= 4 is 17.6 Å². The summed E-state index contributed by atoms with van der Waals surface area (Å²) < 4.78 is 5.31. The van der Waals surface area contributed by atoms with E-state index in [1.165, 1.54) is 0 Å². The van der Waals surface area contributed by atoms with Gasteiger partial charge < -0.3 is 15.0 Å². The fraction of sp³-hybridized carbons (Fsp3) is 0.385. The summed E-state index contributed by atoms with van der Waals surface area (Å²) >= 11 is 0. The van der Waals surface area contributed by atoms with Gasteiger partial charge in [0.25, 0.3) is 5.91 Å². The number of nitrogens with zero attached hydrogens (tertiary/aromatic N) is 1. The maximum Gasteiger partial charge on any atom is 0.322 e. The van der Waals surface area contributed by atoms with Crippen molar-refractivity contribution in [1.82, 2.24) is 10.6 Å². The molecule has 100 valence electrons. The minimum Gasteiger partial charge on any atom is -0.378 e. The quantitative estimate of drug-likeness (QED) is 0.756. The number of benzene rings is 1. The minimum absolute atomic E-state index is 0.302. The van der Waals surface area contributed by atoms with E-state index in [-0.39, 0.29) is 5.91 Å². The average Bonchev–Trinajstić information content (AvgIpc) is 2.79. The Kier molecular flexibility index (Phi) is 3.08. The number of anilines is 1. The zero-order valence-corrected chi connectivity index (χ0v) is 10.4. The summed E-state index contributed by atoms with van der Waals surface area (Å²) in [4.78, 5) is 24.9. The zero-order chi connectivity index (χ0) is 13.2. The van der Waals surface area contributed by atoms with Gasteiger partial charge in [-0.2, -0.15) is 0 Å². The maximum absolute atomic E-state index is 11.6.